The summed E-state index contributed by atoms with van der Waals surface area (Å²) >= 11 is 3.23. The van der Waals surface area contributed by atoms with Gasteiger partial charge in [0.05, 0.1) is 6.04 Å². The summed E-state index contributed by atoms with van der Waals surface area (Å²) in [6.07, 6.45) is -4.04. The van der Waals surface area contributed by atoms with Crippen LogP contribution in [0.2, 0.25) is 0 Å². The highest BCUT2D eigenvalue weighted by molar-refractivity contribution is 9.10. The van der Waals surface area contributed by atoms with E-state index in [9.17, 15) is 22.4 Å². The van der Waals surface area contributed by atoms with Gasteiger partial charge in [0, 0.05) is 4.47 Å². The van der Waals surface area contributed by atoms with E-state index in [1.807, 2.05) is 0 Å². The molecule has 3 nitrogen and oxygen atoms in total. The fourth-order valence-electron chi connectivity index (χ4n) is 1.21. The predicted molar refractivity (Wildman–Crippen MR) is 68.2 cm³/mol. The summed E-state index contributed by atoms with van der Waals surface area (Å²) in [5, 5.41) is 1.78. The third-order valence-electron chi connectivity index (χ3n) is 2.27. The van der Waals surface area contributed by atoms with Crippen molar-refractivity contribution in [1.29, 1.82) is 0 Å². The van der Waals surface area contributed by atoms with Crippen molar-refractivity contribution in [2.24, 2.45) is 0 Å². The summed E-state index contributed by atoms with van der Waals surface area (Å²) in [4.78, 5) is 11.0. The molecular formula is C12H12BrF4NO2. The minimum Gasteiger partial charge on any atom is -0.491 e. The lowest BCUT2D eigenvalue weighted by Gasteiger charge is -2.19. The number of hydrogen-bond donors (Lipinski definition) is 1. The molecule has 0 spiro atoms. The molecule has 1 N–H and O–H groups in total. The summed E-state index contributed by atoms with van der Waals surface area (Å²) in [7, 11) is 0. The molecule has 1 aromatic carbocycles. The summed E-state index contributed by atoms with van der Waals surface area (Å²) in [6.45, 7) is 1.25. The quantitative estimate of drug-likeness (QED) is 0.793. The zero-order chi connectivity index (χ0) is 15.3. The molecule has 112 valence electrons. The molecule has 0 aliphatic carbocycles. The molecule has 0 aliphatic heterocycles. The smallest absolute Gasteiger partial charge is 0.383 e. The lowest BCUT2D eigenvalue weighted by Crippen LogP contribution is -2.49. The average molecular weight is 358 g/mol. The number of hydrogen-bond acceptors (Lipinski definition) is 2. The van der Waals surface area contributed by atoms with Crippen molar-refractivity contribution in [3.63, 3.8) is 0 Å². The van der Waals surface area contributed by atoms with Crippen LogP contribution in [0.25, 0.3) is 0 Å². The van der Waals surface area contributed by atoms with E-state index in [4.69, 9.17) is 4.74 Å². The molecule has 0 bridgehead atoms. The minimum atomic E-state index is -4.70. The van der Waals surface area contributed by atoms with Crippen molar-refractivity contribution in [2.45, 2.75) is 25.3 Å². The second-order valence-electron chi connectivity index (χ2n) is 4.06. The standard InChI is InChI=1S/C12H12BrF4NO2/c1-7(18-11(19)12(16,17)10(14)15)6-20-9-4-2-8(13)3-5-9/h2-5,7,10H,6H2,1H3,(H,18,19). The van der Waals surface area contributed by atoms with Gasteiger partial charge in [0.25, 0.3) is 5.91 Å². The van der Waals surface area contributed by atoms with Crippen molar-refractivity contribution in [3.05, 3.63) is 28.7 Å². The molecule has 1 amide bonds. The Balaban J connectivity index is 2.46. The number of carbonyl (C=O) groups is 1. The topological polar surface area (TPSA) is 38.3 Å². The van der Waals surface area contributed by atoms with E-state index in [-0.39, 0.29) is 6.61 Å². The van der Waals surface area contributed by atoms with Gasteiger partial charge in [0.1, 0.15) is 12.4 Å². The van der Waals surface area contributed by atoms with Gasteiger partial charge in [0.15, 0.2) is 0 Å². The van der Waals surface area contributed by atoms with Crippen LogP contribution in [0.3, 0.4) is 0 Å². The number of carbonyl (C=O) groups excluding carboxylic acids is 1. The Kier molecular flexibility index (Phi) is 5.79. The molecule has 8 heteroatoms. The number of nitrogens with one attached hydrogen (secondary N) is 1. The first kappa shape index (κ1) is 16.7. The third-order valence-corrected chi connectivity index (χ3v) is 2.80. The SMILES string of the molecule is CC(COc1ccc(Br)cc1)NC(=O)C(F)(F)C(F)F. The first-order valence-corrected chi connectivity index (χ1v) is 6.38. The Morgan fingerprint density at radius 1 is 1.35 bits per heavy atom. The fraction of sp³-hybridized carbons (Fsp3) is 0.417. The number of benzene rings is 1. The number of alkyl halides is 4. The Morgan fingerprint density at radius 2 is 1.90 bits per heavy atom. The van der Waals surface area contributed by atoms with E-state index < -0.39 is 24.3 Å². The van der Waals surface area contributed by atoms with E-state index in [0.717, 1.165) is 4.47 Å². The Hall–Kier alpha value is -1.31. The van der Waals surface area contributed by atoms with Gasteiger partial charge >= 0.3 is 12.3 Å². The number of ether oxygens (including phenoxy) is 1. The zero-order valence-electron chi connectivity index (χ0n) is 10.4. The molecule has 20 heavy (non-hydrogen) atoms. The summed E-state index contributed by atoms with van der Waals surface area (Å²) in [6, 6.07) is 5.85. The fourth-order valence-corrected chi connectivity index (χ4v) is 1.48. The Bertz CT molecular complexity index is 453. The second-order valence-corrected chi connectivity index (χ2v) is 4.98. The van der Waals surface area contributed by atoms with Crippen LogP contribution in [0.4, 0.5) is 17.6 Å². The van der Waals surface area contributed by atoms with E-state index in [2.05, 4.69) is 15.9 Å². The lowest BCUT2D eigenvalue weighted by atomic mass is 10.3. The van der Waals surface area contributed by atoms with Gasteiger partial charge in [-0.25, -0.2) is 8.78 Å². The van der Waals surface area contributed by atoms with Crippen LogP contribution < -0.4 is 10.1 Å². The monoisotopic (exact) mass is 357 g/mol. The third kappa shape index (κ3) is 4.66. The van der Waals surface area contributed by atoms with E-state index in [1.54, 1.807) is 29.6 Å². The molecule has 0 saturated carbocycles. The summed E-state index contributed by atoms with van der Waals surface area (Å²) in [5.41, 5.74) is 0. The first-order valence-electron chi connectivity index (χ1n) is 5.58. The normalized spacial score (nSPS) is 13.2. The van der Waals surface area contributed by atoms with Crippen LogP contribution in [0, 0.1) is 0 Å². The molecule has 0 radical (unpaired) electrons. The first-order chi connectivity index (χ1) is 9.23. The Labute approximate surface area is 121 Å². The molecule has 0 fully saturated rings. The van der Waals surface area contributed by atoms with E-state index in [1.165, 1.54) is 6.92 Å². The highest BCUT2D eigenvalue weighted by Crippen LogP contribution is 2.23. The highest BCUT2D eigenvalue weighted by Gasteiger charge is 2.49. The van der Waals surface area contributed by atoms with Crippen molar-refractivity contribution in [3.8, 4) is 5.75 Å². The number of amides is 1. The van der Waals surface area contributed by atoms with Gasteiger partial charge in [0.2, 0.25) is 0 Å². The molecule has 1 aromatic rings. The van der Waals surface area contributed by atoms with Crippen LogP contribution in [-0.2, 0) is 4.79 Å². The lowest BCUT2D eigenvalue weighted by molar-refractivity contribution is -0.170. The van der Waals surface area contributed by atoms with Crippen molar-refractivity contribution >= 4 is 21.8 Å². The highest BCUT2D eigenvalue weighted by atomic mass is 79.9. The largest absolute Gasteiger partial charge is 0.491 e. The van der Waals surface area contributed by atoms with Crippen molar-refractivity contribution in [2.75, 3.05) is 6.61 Å². The number of rotatable bonds is 6. The Morgan fingerprint density at radius 3 is 2.40 bits per heavy atom. The van der Waals surface area contributed by atoms with Gasteiger partial charge in [-0.2, -0.15) is 8.78 Å². The molecule has 0 aromatic heterocycles. The van der Waals surface area contributed by atoms with Gasteiger partial charge in [-0.1, -0.05) is 15.9 Å². The summed E-state index contributed by atoms with van der Waals surface area (Å²) in [5.74, 6) is -6.25. The summed E-state index contributed by atoms with van der Waals surface area (Å²) < 4.78 is 55.4. The maximum Gasteiger partial charge on any atom is 0.383 e. The molecule has 1 unspecified atom stereocenters. The molecular weight excluding hydrogens is 346 g/mol. The van der Waals surface area contributed by atoms with E-state index in [0.29, 0.717) is 5.75 Å². The van der Waals surface area contributed by atoms with Crippen molar-refractivity contribution < 1.29 is 27.1 Å². The molecule has 1 rings (SSSR count). The molecule has 0 heterocycles. The van der Waals surface area contributed by atoms with Gasteiger partial charge < -0.3 is 10.1 Å². The van der Waals surface area contributed by atoms with Gasteiger partial charge in [-0.05, 0) is 31.2 Å². The van der Waals surface area contributed by atoms with Gasteiger partial charge in [-0.3, -0.25) is 4.79 Å². The predicted octanol–water partition coefficient (Wildman–Crippen LogP) is 3.23. The van der Waals surface area contributed by atoms with Crippen LogP contribution in [0.5, 0.6) is 5.75 Å². The van der Waals surface area contributed by atoms with Crippen LogP contribution in [0.15, 0.2) is 28.7 Å². The van der Waals surface area contributed by atoms with Crippen LogP contribution in [-0.4, -0.2) is 30.9 Å². The van der Waals surface area contributed by atoms with Crippen molar-refractivity contribution in [1.82, 2.24) is 5.32 Å². The maximum atomic E-state index is 12.7. The average Bonchev–Trinajstić information content (AvgIpc) is 2.37. The zero-order valence-corrected chi connectivity index (χ0v) is 12.0. The second kappa shape index (κ2) is 6.92. The minimum absolute atomic E-state index is 0.118. The maximum absolute atomic E-state index is 12.7. The molecule has 1 atom stereocenters. The van der Waals surface area contributed by atoms with Crippen LogP contribution in [0.1, 0.15) is 6.92 Å². The number of halogens is 5. The van der Waals surface area contributed by atoms with Crippen LogP contribution >= 0.6 is 15.9 Å². The molecule has 0 aliphatic rings. The van der Waals surface area contributed by atoms with E-state index >= 15 is 0 Å². The van der Waals surface area contributed by atoms with Gasteiger partial charge in [-0.15, -0.1) is 0 Å². The molecule has 0 saturated heterocycles.